The monoisotopic (exact) mass is 444 g/mol. The van der Waals surface area contributed by atoms with E-state index in [9.17, 15) is 35.9 Å². The van der Waals surface area contributed by atoms with Crippen LogP contribution >= 0.6 is 0 Å². The summed E-state index contributed by atoms with van der Waals surface area (Å²) in [5.74, 6) is -1.28. The highest BCUT2D eigenvalue weighted by Crippen LogP contribution is 2.29. The van der Waals surface area contributed by atoms with Crippen LogP contribution in [-0.4, -0.2) is 36.5 Å². The third kappa shape index (κ3) is 7.80. The summed E-state index contributed by atoms with van der Waals surface area (Å²) in [6, 6.07) is 10.0. The van der Waals surface area contributed by atoms with Gasteiger partial charge in [0, 0.05) is 25.2 Å². The van der Waals surface area contributed by atoms with E-state index in [1.807, 2.05) is 0 Å². The van der Waals surface area contributed by atoms with Crippen molar-refractivity contribution >= 4 is 17.9 Å². The second-order valence-electron chi connectivity index (χ2n) is 6.64. The molecule has 0 fully saturated rings. The Bertz CT molecular complexity index is 932. The van der Waals surface area contributed by atoms with Crippen LogP contribution in [0.15, 0.2) is 54.6 Å². The van der Waals surface area contributed by atoms with Gasteiger partial charge in [-0.2, -0.15) is 26.3 Å². The molecule has 0 aliphatic carbocycles. The van der Waals surface area contributed by atoms with Crippen LogP contribution < -0.4 is 5.32 Å². The van der Waals surface area contributed by atoms with Gasteiger partial charge in [-0.1, -0.05) is 24.3 Å². The summed E-state index contributed by atoms with van der Waals surface area (Å²) in [5.41, 5.74) is 0.308. The molecule has 0 radical (unpaired) electrons. The lowest BCUT2D eigenvalue weighted by atomic mass is 10.1. The molecule has 2 rings (SSSR count). The molecule has 0 saturated carbocycles. The summed E-state index contributed by atoms with van der Waals surface area (Å²) >= 11 is 0. The smallest absolute Gasteiger partial charge is 0.343 e. The van der Waals surface area contributed by atoms with Crippen molar-refractivity contribution < 1.29 is 35.9 Å². The standard InChI is InChI=1S/C21H18F6N2O2/c1-29(18(30)11-6-14-4-9-17(10-5-14)21(25,26)27)12-15-2-7-16(8-3-15)19(31)28-13-20(22,23)24/h2-11H,12-13H2,1H3,(H,28,31)/b11-6+. The minimum absolute atomic E-state index is 0.0455. The molecule has 0 saturated heterocycles. The van der Waals surface area contributed by atoms with E-state index in [-0.39, 0.29) is 12.1 Å². The van der Waals surface area contributed by atoms with E-state index >= 15 is 0 Å². The molecule has 2 aromatic carbocycles. The first kappa shape index (κ1) is 24.0. The molecule has 0 heterocycles. The quantitative estimate of drug-likeness (QED) is 0.520. The largest absolute Gasteiger partial charge is 0.416 e. The topological polar surface area (TPSA) is 49.4 Å². The fourth-order valence-electron chi connectivity index (χ4n) is 2.47. The van der Waals surface area contributed by atoms with Crippen molar-refractivity contribution in [2.45, 2.75) is 18.9 Å². The fraction of sp³-hybridized carbons (Fsp3) is 0.238. The molecule has 10 heteroatoms. The number of benzene rings is 2. The molecule has 1 N–H and O–H groups in total. The Balaban J connectivity index is 1.92. The Kier molecular flexibility index (Phi) is 7.48. The van der Waals surface area contributed by atoms with Crippen molar-refractivity contribution in [1.82, 2.24) is 10.2 Å². The number of hydrogen-bond donors (Lipinski definition) is 1. The molecular formula is C21H18F6N2O2. The normalized spacial score (nSPS) is 12.1. The summed E-state index contributed by atoms with van der Waals surface area (Å²) in [4.78, 5) is 25.2. The van der Waals surface area contributed by atoms with Gasteiger partial charge in [0.1, 0.15) is 6.54 Å². The molecule has 0 aliphatic heterocycles. The van der Waals surface area contributed by atoms with Gasteiger partial charge in [0.25, 0.3) is 5.91 Å². The van der Waals surface area contributed by atoms with Crippen LogP contribution in [0.1, 0.15) is 27.0 Å². The molecule has 0 spiro atoms. The van der Waals surface area contributed by atoms with Gasteiger partial charge in [0.05, 0.1) is 5.56 Å². The molecule has 4 nitrogen and oxygen atoms in total. The summed E-state index contributed by atoms with van der Waals surface area (Å²) in [5, 5.41) is 1.76. The molecule has 2 aromatic rings. The van der Waals surface area contributed by atoms with Crippen molar-refractivity contribution in [1.29, 1.82) is 0 Å². The van der Waals surface area contributed by atoms with E-state index in [0.717, 1.165) is 12.1 Å². The van der Waals surface area contributed by atoms with Gasteiger partial charge < -0.3 is 10.2 Å². The van der Waals surface area contributed by atoms with Crippen LogP contribution in [0, 0.1) is 0 Å². The van der Waals surface area contributed by atoms with Crippen LogP contribution in [0.25, 0.3) is 6.08 Å². The predicted octanol–water partition coefficient (Wildman–Crippen LogP) is 4.67. The zero-order valence-electron chi connectivity index (χ0n) is 16.2. The van der Waals surface area contributed by atoms with E-state index in [4.69, 9.17) is 0 Å². The number of nitrogens with zero attached hydrogens (tertiary/aromatic N) is 1. The third-order valence-corrected chi connectivity index (χ3v) is 4.12. The second-order valence-corrected chi connectivity index (χ2v) is 6.64. The summed E-state index contributed by atoms with van der Waals surface area (Å²) in [6.07, 6.45) is -6.35. The summed E-state index contributed by atoms with van der Waals surface area (Å²) in [7, 11) is 1.50. The molecule has 0 aliphatic rings. The highest BCUT2D eigenvalue weighted by atomic mass is 19.4. The van der Waals surface area contributed by atoms with Gasteiger partial charge in [0.2, 0.25) is 5.91 Å². The maximum absolute atomic E-state index is 12.6. The van der Waals surface area contributed by atoms with Crippen molar-refractivity contribution in [3.63, 3.8) is 0 Å². The number of alkyl halides is 6. The molecule has 166 valence electrons. The predicted molar refractivity (Wildman–Crippen MR) is 102 cm³/mol. The van der Waals surface area contributed by atoms with E-state index < -0.39 is 36.3 Å². The Morgan fingerprint density at radius 3 is 2.03 bits per heavy atom. The van der Waals surface area contributed by atoms with Crippen LogP contribution in [0.3, 0.4) is 0 Å². The van der Waals surface area contributed by atoms with Crippen LogP contribution in [0.2, 0.25) is 0 Å². The molecule has 0 bridgehead atoms. The number of likely N-dealkylation sites (N-methyl/N-ethyl adjacent to an activating group) is 1. The fourth-order valence-corrected chi connectivity index (χ4v) is 2.47. The zero-order valence-corrected chi connectivity index (χ0v) is 16.2. The third-order valence-electron chi connectivity index (χ3n) is 4.12. The molecule has 0 atom stereocenters. The molecule has 2 amide bonds. The number of nitrogens with one attached hydrogen (secondary N) is 1. The maximum atomic E-state index is 12.6. The van der Waals surface area contributed by atoms with Crippen molar-refractivity contribution in [2.75, 3.05) is 13.6 Å². The Labute approximate surface area is 174 Å². The molecular weight excluding hydrogens is 426 g/mol. The SMILES string of the molecule is CN(Cc1ccc(C(=O)NCC(F)(F)F)cc1)C(=O)/C=C/c1ccc(C(F)(F)F)cc1. The van der Waals surface area contributed by atoms with E-state index in [2.05, 4.69) is 0 Å². The number of rotatable bonds is 6. The van der Waals surface area contributed by atoms with Crippen LogP contribution in [0.4, 0.5) is 26.3 Å². The van der Waals surface area contributed by atoms with Gasteiger partial charge in [-0.25, -0.2) is 0 Å². The average molecular weight is 444 g/mol. The summed E-state index contributed by atoms with van der Waals surface area (Å²) in [6.45, 7) is -1.28. The zero-order chi connectivity index (χ0) is 23.2. The first-order chi connectivity index (χ1) is 14.3. The maximum Gasteiger partial charge on any atom is 0.416 e. The van der Waals surface area contributed by atoms with Gasteiger partial charge in [-0.3, -0.25) is 9.59 Å². The lowest BCUT2D eigenvalue weighted by molar-refractivity contribution is -0.137. The molecule has 31 heavy (non-hydrogen) atoms. The van der Waals surface area contributed by atoms with E-state index in [1.54, 1.807) is 5.32 Å². The minimum Gasteiger partial charge on any atom is -0.343 e. The first-order valence-electron chi connectivity index (χ1n) is 8.89. The van der Waals surface area contributed by atoms with E-state index in [1.165, 1.54) is 60.5 Å². The van der Waals surface area contributed by atoms with Gasteiger partial charge >= 0.3 is 12.4 Å². The minimum atomic E-state index is -4.51. The average Bonchev–Trinajstić information content (AvgIpc) is 2.69. The highest BCUT2D eigenvalue weighted by molar-refractivity contribution is 5.94. The number of halogens is 6. The van der Waals surface area contributed by atoms with Gasteiger partial charge in [0.15, 0.2) is 0 Å². The van der Waals surface area contributed by atoms with Crippen molar-refractivity contribution in [2.24, 2.45) is 0 Å². The lowest BCUT2D eigenvalue weighted by Crippen LogP contribution is -2.33. The highest BCUT2D eigenvalue weighted by Gasteiger charge is 2.30. The first-order valence-corrected chi connectivity index (χ1v) is 8.89. The van der Waals surface area contributed by atoms with Crippen molar-refractivity contribution in [3.8, 4) is 0 Å². The number of carbonyl (C=O) groups excluding carboxylic acids is 2. The van der Waals surface area contributed by atoms with Crippen LogP contribution in [-0.2, 0) is 17.5 Å². The summed E-state index contributed by atoms with van der Waals surface area (Å²) < 4.78 is 74.1. The van der Waals surface area contributed by atoms with Gasteiger partial charge in [-0.05, 0) is 41.5 Å². The second kappa shape index (κ2) is 9.67. The van der Waals surface area contributed by atoms with Gasteiger partial charge in [-0.15, -0.1) is 0 Å². The number of carbonyl (C=O) groups is 2. The number of hydrogen-bond acceptors (Lipinski definition) is 2. The molecule has 0 aromatic heterocycles. The lowest BCUT2D eigenvalue weighted by Gasteiger charge is -2.15. The van der Waals surface area contributed by atoms with E-state index in [0.29, 0.717) is 11.1 Å². The number of amides is 2. The van der Waals surface area contributed by atoms with Crippen LogP contribution in [0.5, 0.6) is 0 Å². The molecule has 0 unspecified atom stereocenters. The van der Waals surface area contributed by atoms with Crippen molar-refractivity contribution in [3.05, 3.63) is 76.9 Å². The Morgan fingerprint density at radius 1 is 0.935 bits per heavy atom. The Hall–Kier alpha value is -3.30. The Morgan fingerprint density at radius 2 is 1.52 bits per heavy atom.